The molecule has 1 N–H and O–H groups in total. The number of nitrogens with zero attached hydrogens (tertiary/aromatic N) is 3. The molecule has 6 heteroatoms. The fraction of sp³-hybridized carbons (Fsp3) is 0.208. The minimum absolute atomic E-state index is 0.192. The van der Waals surface area contributed by atoms with Gasteiger partial charge in [0, 0.05) is 37.1 Å². The maximum Gasteiger partial charge on any atom is 0.260 e. The first-order valence-corrected chi connectivity index (χ1v) is 10.1. The predicted molar refractivity (Wildman–Crippen MR) is 115 cm³/mol. The zero-order valence-corrected chi connectivity index (χ0v) is 16.5. The molecular formula is C24H22N4O2. The van der Waals surface area contributed by atoms with Crippen LogP contribution in [0.4, 0.5) is 0 Å². The Hall–Kier alpha value is -3.67. The third-order valence-electron chi connectivity index (χ3n) is 6.13. The van der Waals surface area contributed by atoms with Crippen molar-refractivity contribution < 1.29 is 4.79 Å². The van der Waals surface area contributed by atoms with E-state index in [9.17, 15) is 9.59 Å². The summed E-state index contributed by atoms with van der Waals surface area (Å²) in [5.74, 6) is -0.214. The van der Waals surface area contributed by atoms with Crippen LogP contribution in [0.15, 0.2) is 84.0 Å². The molecule has 0 bridgehead atoms. The third kappa shape index (κ3) is 3.01. The van der Waals surface area contributed by atoms with E-state index < -0.39 is 0 Å². The van der Waals surface area contributed by atoms with Gasteiger partial charge in [0.25, 0.3) is 11.5 Å². The molecule has 1 aromatic carbocycles. The van der Waals surface area contributed by atoms with Crippen LogP contribution in [-0.4, -0.2) is 38.3 Å². The van der Waals surface area contributed by atoms with Crippen LogP contribution in [0.2, 0.25) is 0 Å². The average molecular weight is 398 g/mol. The first kappa shape index (κ1) is 18.4. The molecule has 1 fully saturated rings. The van der Waals surface area contributed by atoms with Gasteiger partial charge in [-0.1, -0.05) is 36.4 Å². The van der Waals surface area contributed by atoms with Crippen molar-refractivity contribution in [3.05, 3.63) is 106 Å². The highest BCUT2D eigenvalue weighted by atomic mass is 16.2. The fourth-order valence-corrected chi connectivity index (χ4v) is 4.47. The molecule has 4 heterocycles. The molecule has 4 aromatic rings. The maximum atomic E-state index is 12.9. The van der Waals surface area contributed by atoms with Crippen LogP contribution in [0.5, 0.6) is 0 Å². The number of fused-ring (bicyclic) bond motifs is 1. The molecule has 0 radical (unpaired) electrons. The molecule has 0 unspecified atom stereocenters. The highest BCUT2D eigenvalue weighted by Gasteiger charge is 2.41. The Labute approximate surface area is 173 Å². The molecule has 0 saturated carbocycles. The van der Waals surface area contributed by atoms with Crippen LogP contribution in [-0.2, 0) is 5.41 Å². The Balaban J connectivity index is 1.50. The topological polar surface area (TPSA) is 70.5 Å². The van der Waals surface area contributed by atoms with Gasteiger partial charge in [-0.15, -0.1) is 0 Å². The number of imidazole rings is 1. The second-order valence-corrected chi connectivity index (χ2v) is 7.75. The lowest BCUT2D eigenvalue weighted by Crippen LogP contribution is -2.46. The van der Waals surface area contributed by atoms with Crippen LogP contribution in [0.25, 0.3) is 5.65 Å². The Morgan fingerprint density at radius 3 is 2.47 bits per heavy atom. The number of nitrogens with one attached hydrogen (secondary N) is 1. The van der Waals surface area contributed by atoms with E-state index in [0.29, 0.717) is 13.1 Å². The Morgan fingerprint density at radius 2 is 1.73 bits per heavy atom. The highest BCUT2D eigenvalue weighted by molar-refractivity contribution is 5.93. The second kappa shape index (κ2) is 7.30. The van der Waals surface area contributed by atoms with Gasteiger partial charge < -0.3 is 14.3 Å². The number of benzene rings is 1. The summed E-state index contributed by atoms with van der Waals surface area (Å²) in [7, 11) is 0. The number of hydrogen-bond donors (Lipinski definition) is 1. The van der Waals surface area contributed by atoms with Crippen LogP contribution in [0.1, 0.15) is 34.5 Å². The van der Waals surface area contributed by atoms with Crippen molar-refractivity contribution in [2.45, 2.75) is 18.3 Å². The van der Waals surface area contributed by atoms with Crippen molar-refractivity contribution in [2.24, 2.45) is 0 Å². The zero-order valence-electron chi connectivity index (χ0n) is 16.5. The first-order chi connectivity index (χ1) is 14.7. The summed E-state index contributed by atoms with van der Waals surface area (Å²) in [5, 5.41) is 0. The van der Waals surface area contributed by atoms with Gasteiger partial charge in [0.15, 0.2) is 0 Å². The first-order valence-electron chi connectivity index (χ1n) is 10.1. The summed E-state index contributed by atoms with van der Waals surface area (Å²) in [4.78, 5) is 34.3. The molecule has 1 aliphatic heterocycles. The number of rotatable bonds is 3. The predicted octanol–water partition coefficient (Wildman–Crippen LogP) is 3.24. The Morgan fingerprint density at radius 1 is 0.967 bits per heavy atom. The molecule has 0 atom stereocenters. The van der Waals surface area contributed by atoms with Gasteiger partial charge in [0.1, 0.15) is 11.2 Å². The normalized spacial score (nSPS) is 15.9. The van der Waals surface area contributed by atoms with Crippen molar-refractivity contribution >= 4 is 11.6 Å². The minimum atomic E-state index is -0.345. The number of aromatic nitrogens is 3. The van der Waals surface area contributed by atoms with Crippen molar-refractivity contribution in [1.29, 1.82) is 0 Å². The number of pyridine rings is 2. The number of hydrogen-bond acceptors (Lipinski definition) is 3. The summed E-state index contributed by atoms with van der Waals surface area (Å²) >= 11 is 0. The molecule has 30 heavy (non-hydrogen) atoms. The number of piperidine rings is 1. The van der Waals surface area contributed by atoms with Crippen LogP contribution >= 0.6 is 0 Å². The quantitative estimate of drug-likeness (QED) is 0.576. The number of likely N-dealkylation sites (tertiary alicyclic amines) is 1. The van der Waals surface area contributed by atoms with Crippen molar-refractivity contribution in [2.75, 3.05) is 13.1 Å². The molecule has 0 spiro atoms. The maximum absolute atomic E-state index is 12.9. The van der Waals surface area contributed by atoms with Gasteiger partial charge in [-0.25, -0.2) is 4.98 Å². The van der Waals surface area contributed by atoms with Gasteiger partial charge in [-0.05, 0) is 42.7 Å². The summed E-state index contributed by atoms with van der Waals surface area (Å²) in [6.07, 6.45) is 7.14. The lowest BCUT2D eigenvalue weighted by Gasteiger charge is -2.41. The summed E-state index contributed by atoms with van der Waals surface area (Å²) in [5.41, 5.74) is 2.72. The van der Waals surface area contributed by atoms with Crippen LogP contribution < -0.4 is 5.56 Å². The minimum Gasteiger partial charge on any atom is -0.338 e. The van der Waals surface area contributed by atoms with Gasteiger partial charge in [-0.2, -0.15) is 0 Å². The molecule has 150 valence electrons. The van der Waals surface area contributed by atoms with Crippen LogP contribution in [0, 0.1) is 0 Å². The number of aromatic amines is 1. The van der Waals surface area contributed by atoms with Gasteiger partial charge in [0.05, 0.1) is 5.69 Å². The Kier molecular flexibility index (Phi) is 4.47. The zero-order chi connectivity index (χ0) is 20.6. The fourth-order valence-electron chi connectivity index (χ4n) is 4.47. The molecule has 3 aromatic heterocycles. The van der Waals surface area contributed by atoms with E-state index in [1.54, 1.807) is 23.2 Å². The molecular weight excluding hydrogens is 376 g/mol. The average Bonchev–Trinajstić information content (AvgIpc) is 3.24. The molecule has 0 aliphatic carbocycles. The molecule has 6 nitrogen and oxygen atoms in total. The molecule has 5 rings (SSSR count). The molecule has 1 saturated heterocycles. The van der Waals surface area contributed by atoms with E-state index in [4.69, 9.17) is 4.98 Å². The Bertz CT molecular complexity index is 1220. The highest BCUT2D eigenvalue weighted by Crippen LogP contribution is 2.41. The van der Waals surface area contributed by atoms with Crippen molar-refractivity contribution in [1.82, 2.24) is 19.3 Å². The van der Waals surface area contributed by atoms with E-state index in [0.717, 1.165) is 24.2 Å². The van der Waals surface area contributed by atoms with Gasteiger partial charge >= 0.3 is 0 Å². The van der Waals surface area contributed by atoms with E-state index in [1.165, 1.54) is 5.56 Å². The molecule has 1 amide bonds. The summed E-state index contributed by atoms with van der Waals surface area (Å²) in [6.45, 7) is 1.13. The number of carbonyl (C=O) groups excluding carboxylic acids is 1. The number of carbonyl (C=O) groups is 1. The van der Waals surface area contributed by atoms with Crippen molar-refractivity contribution in [3.8, 4) is 0 Å². The molecule has 1 aliphatic rings. The lowest BCUT2D eigenvalue weighted by molar-refractivity contribution is 0.0682. The summed E-state index contributed by atoms with van der Waals surface area (Å²) < 4.78 is 2.04. The summed E-state index contributed by atoms with van der Waals surface area (Å²) in [6, 6.07) is 19.6. The standard InChI is InChI=1S/C24H22N4O2/c29-22-19(9-6-13-25-22)23(30)27-15-11-24(12-16-27,18-7-2-1-3-8-18)20-17-28-14-5-4-10-21(28)26-20/h1-10,13-14,17H,11-12,15-16H2,(H,25,29). The smallest absolute Gasteiger partial charge is 0.260 e. The van der Waals surface area contributed by atoms with Crippen LogP contribution in [0.3, 0.4) is 0 Å². The lowest BCUT2D eigenvalue weighted by atomic mass is 9.70. The van der Waals surface area contributed by atoms with Gasteiger partial charge in [-0.3, -0.25) is 9.59 Å². The third-order valence-corrected chi connectivity index (χ3v) is 6.13. The second-order valence-electron chi connectivity index (χ2n) is 7.75. The van der Waals surface area contributed by atoms with E-state index in [1.807, 2.05) is 47.0 Å². The number of amides is 1. The van der Waals surface area contributed by atoms with E-state index in [2.05, 4.69) is 23.3 Å². The van der Waals surface area contributed by atoms with E-state index >= 15 is 0 Å². The van der Waals surface area contributed by atoms with Crippen molar-refractivity contribution in [3.63, 3.8) is 0 Å². The van der Waals surface area contributed by atoms with Gasteiger partial charge in [0.2, 0.25) is 0 Å². The SMILES string of the molecule is O=C(c1ccc[nH]c1=O)N1CCC(c2ccccc2)(c2cn3ccccc3n2)CC1. The largest absolute Gasteiger partial charge is 0.338 e. The van der Waals surface area contributed by atoms with E-state index in [-0.39, 0.29) is 22.4 Å². The number of H-pyrrole nitrogens is 1. The monoisotopic (exact) mass is 398 g/mol.